The molecule has 32 heavy (non-hydrogen) atoms. The Bertz CT molecular complexity index is 989. The number of carbonyl (C=O) groups excluding carboxylic acids is 2. The van der Waals surface area contributed by atoms with E-state index in [4.69, 9.17) is 0 Å². The van der Waals surface area contributed by atoms with Gasteiger partial charge in [0.15, 0.2) is 0 Å². The van der Waals surface area contributed by atoms with Crippen molar-refractivity contribution in [1.82, 2.24) is 0 Å². The van der Waals surface area contributed by atoms with Gasteiger partial charge in [0.1, 0.15) is 0 Å². The summed E-state index contributed by atoms with van der Waals surface area (Å²) in [5, 5.41) is 16.5. The molecule has 1 fully saturated rings. The highest BCUT2D eigenvalue weighted by Gasteiger charge is 2.22. The van der Waals surface area contributed by atoms with E-state index in [2.05, 4.69) is 10.6 Å². The second kappa shape index (κ2) is 11.1. The van der Waals surface area contributed by atoms with Crippen molar-refractivity contribution in [1.29, 1.82) is 0 Å². The molecule has 3 rings (SSSR count). The van der Waals surface area contributed by atoms with Crippen molar-refractivity contribution in [3.8, 4) is 0 Å². The fourth-order valence-electron chi connectivity index (χ4n) is 3.86. The molecule has 1 aliphatic carbocycles. The maximum absolute atomic E-state index is 12.9. The molecule has 0 saturated heterocycles. The summed E-state index contributed by atoms with van der Waals surface area (Å²) in [6.07, 6.45) is 5.92. The molecule has 0 bridgehead atoms. The van der Waals surface area contributed by atoms with Crippen LogP contribution < -0.4 is 10.6 Å². The number of anilines is 2. The number of nitro groups is 1. The van der Waals surface area contributed by atoms with E-state index in [0.717, 1.165) is 36.3 Å². The minimum absolute atomic E-state index is 0.00555. The largest absolute Gasteiger partial charge is 0.326 e. The van der Waals surface area contributed by atoms with Crippen LogP contribution in [0.15, 0.2) is 47.4 Å². The molecule has 1 atom stereocenters. The van der Waals surface area contributed by atoms with Crippen LogP contribution in [0.25, 0.3) is 0 Å². The predicted molar refractivity (Wildman–Crippen MR) is 128 cm³/mol. The van der Waals surface area contributed by atoms with Crippen LogP contribution in [-0.2, 0) is 9.59 Å². The van der Waals surface area contributed by atoms with Crippen LogP contribution >= 0.6 is 11.8 Å². The number of amides is 2. The molecule has 1 saturated carbocycles. The lowest BCUT2D eigenvalue weighted by atomic mass is 9.88. The zero-order valence-corrected chi connectivity index (χ0v) is 19.2. The molecule has 2 amide bonds. The van der Waals surface area contributed by atoms with Crippen LogP contribution in [-0.4, -0.2) is 22.0 Å². The van der Waals surface area contributed by atoms with Crippen LogP contribution in [0.5, 0.6) is 0 Å². The number of nitrogens with zero attached hydrogens (tertiary/aromatic N) is 1. The predicted octanol–water partition coefficient (Wildman–Crippen LogP) is 5.93. The number of rotatable bonds is 8. The molecular weight excluding hydrogens is 426 g/mol. The van der Waals surface area contributed by atoms with E-state index in [1.165, 1.54) is 30.3 Å². The first-order valence-electron chi connectivity index (χ1n) is 11.0. The first-order valence-corrected chi connectivity index (χ1v) is 11.9. The first-order chi connectivity index (χ1) is 15.4. The molecule has 2 aromatic carbocycles. The summed E-state index contributed by atoms with van der Waals surface area (Å²) >= 11 is 1.44. The molecule has 0 aliphatic heterocycles. The van der Waals surface area contributed by atoms with Gasteiger partial charge in [0.25, 0.3) is 5.69 Å². The zero-order valence-electron chi connectivity index (χ0n) is 18.4. The fourth-order valence-corrected chi connectivity index (χ4v) is 4.87. The average Bonchev–Trinajstić information content (AvgIpc) is 2.79. The third kappa shape index (κ3) is 6.32. The van der Waals surface area contributed by atoms with Crippen LogP contribution in [0.3, 0.4) is 0 Å². The van der Waals surface area contributed by atoms with E-state index in [1.807, 2.05) is 31.2 Å². The number of nitrogens with one attached hydrogen (secondary N) is 2. The van der Waals surface area contributed by atoms with Crippen LogP contribution in [0.1, 0.15) is 51.0 Å². The molecule has 7 nitrogen and oxygen atoms in total. The molecule has 1 unspecified atom stereocenters. The number of hydrogen-bond acceptors (Lipinski definition) is 5. The molecule has 2 aromatic rings. The summed E-state index contributed by atoms with van der Waals surface area (Å²) < 4.78 is 0. The SMILES string of the molecule is CCC(Sc1cccc(NC(=O)C2CCCCC2)c1)C(=O)Nc1ccc([N+](=O)[O-])cc1C. The molecule has 1 aliphatic rings. The van der Waals surface area contributed by atoms with Crippen molar-refractivity contribution >= 4 is 40.6 Å². The third-order valence-electron chi connectivity index (χ3n) is 5.70. The lowest BCUT2D eigenvalue weighted by Crippen LogP contribution is -2.25. The Morgan fingerprint density at radius 2 is 1.88 bits per heavy atom. The van der Waals surface area contributed by atoms with Gasteiger partial charge >= 0.3 is 0 Å². The summed E-state index contributed by atoms with van der Waals surface area (Å²) in [4.78, 5) is 36.8. The molecule has 0 aromatic heterocycles. The Balaban J connectivity index is 1.63. The van der Waals surface area contributed by atoms with Crippen LogP contribution in [0.2, 0.25) is 0 Å². The van der Waals surface area contributed by atoms with Crippen molar-refractivity contribution in [2.75, 3.05) is 10.6 Å². The van der Waals surface area contributed by atoms with Gasteiger partial charge < -0.3 is 10.6 Å². The average molecular weight is 456 g/mol. The summed E-state index contributed by atoms with van der Waals surface area (Å²) in [5.41, 5.74) is 1.94. The molecular formula is C24H29N3O4S. The molecule has 0 spiro atoms. The van der Waals surface area contributed by atoms with Crippen LogP contribution in [0.4, 0.5) is 17.1 Å². The number of aryl methyl sites for hydroxylation is 1. The number of hydrogen-bond donors (Lipinski definition) is 2. The lowest BCUT2D eigenvalue weighted by Gasteiger charge is -2.21. The Labute approximate surface area is 192 Å². The lowest BCUT2D eigenvalue weighted by molar-refractivity contribution is -0.384. The van der Waals surface area contributed by atoms with E-state index in [1.54, 1.807) is 13.0 Å². The standard InChI is InChI=1S/C24H29N3O4S/c1-3-22(24(29)26-21-13-12-19(27(30)31)14-16(21)2)32-20-11-7-10-18(15-20)25-23(28)17-8-5-4-6-9-17/h7,10-15,17,22H,3-6,8-9H2,1-2H3,(H,25,28)(H,26,29). The van der Waals surface area contributed by atoms with Gasteiger partial charge in [-0.2, -0.15) is 0 Å². The van der Waals surface area contributed by atoms with Gasteiger partial charge in [-0.1, -0.05) is 32.3 Å². The zero-order chi connectivity index (χ0) is 23.1. The monoisotopic (exact) mass is 455 g/mol. The van der Waals surface area contributed by atoms with Gasteiger partial charge in [-0.05, 0) is 56.0 Å². The minimum atomic E-state index is -0.455. The van der Waals surface area contributed by atoms with Gasteiger partial charge in [0.2, 0.25) is 11.8 Å². The maximum atomic E-state index is 12.9. The Hall–Kier alpha value is -2.87. The van der Waals surface area contributed by atoms with E-state index in [9.17, 15) is 19.7 Å². The Kier molecular flexibility index (Phi) is 8.27. The molecule has 0 radical (unpaired) electrons. The second-order valence-corrected chi connectivity index (χ2v) is 9.39. The quantitative estimate of drug-likeness (QED) is 0.292. The van der Waals surface area contributed by atoms with Crippen molar-refractivity contribution in [2.24, 2.45) is 5.92 Å². The normalized spacial score (nSPS) is 15.1. The van der Waals surface area contributed by atoms with E-state index in [0.29, 0.717) is 17.7 Å². The van der Waals surface area contributed by atoms with Gasteiger partial charge in [0.05, 0.1) is 10.2 Å². The van der Waals surface area contributed by atoms with Crippen molar-refractivity contribution in [3.05, 3.63) is 58.1 Å². The van der Waals surface area contributed by atoms with E-state index in [-0.39, 0.29) is 28.7 Å². The van der Waals surface area contributed by atoms with Crippen molar-refractivity contribution < 1.29 is 14.5 Å². The summed E-state index contributed by atoms with van der Waals surface area (Å²) in [5.74, 6) is -0.00413. The number of benzene rings is 2. The number of carbonyl (C=O) groups is 2. The smallest absolute Gasteiger partial charge is 0.269 e. The number of thioether (sulfide) groups is 1. The number of non-ortho nitro benzene ring substituents is 1. The van der Waals surface area contributed by atoms with Crippen molar-refractivity contribution in [2.45, 2.75) is 62.5 Å². The molecule has 8 heteroatoms. The van der Waals surface area contributed by atoms with Gasteiger partial charge in [-0.3, -0.25) is 19.7 Å². The van der Waals surface area contributed by atoms with E-state index < -0.39 is 4.92 Å². The van der Waals surface area contributed by atoms with Crippen molar-refractivity contribution in [3.63, 3.8) is 0 Å². The highest BCUT2D eigenvalue weighted by atomic mass is 32.2. The minimum Gasteiger partial charge on any atom is -0.326 e. The first kappa shape index (κ1) is 23.8. The molecule has 0 heterocycles. The third-order valence-corrected chi connectivity index (χ3v) is 7.06. The van der Waals surface area contributed by atoms with E-state index >= 15 is 0 Å². The number of nitro benzene ring substituents is 1. The fraction of sp³-hybridized carbons (Fsp3) is 0.417. The maximum Gasteiger partial charge on any atom is 0.269 e. The van der Waals surface area contributed by atoms with Gasteiger partial charge in [-0.25, -0.2) is 0 Å². The molecule has 170 valence electrons. The topological polar surface area (TPSA) is 101 Å². The Morgan fingerprint density at radius 1 is 1.12 bits per heavy atom. The Morgan fingerprint density at radius 3 is 2.53 bits per heavy atom. The van der Waals surface area contributed by atoms with Gasteiger partial charge in [-0.15, -0.1) is 11.8 Å². The summed E-state index contributed by atoms with van der Waals surface area (Å²) in [7, 11) is 0. The highest BCUT2D eigenvalue weighted by Crippen LogP contribution is 2.30. The van der Waals surface area contributed by atoms with Crippen LogP contribution in [0, 0.1) is 23.0 Å². The molecule has 2 N–H and O–H groups in total. The highest BCUT2D eigenvalue weighted by molar-refractivity contribution is 8.00. The summed E-state index contributed by atoms with van der Waals surface area (Å²) in [6, 6.07) is 12.0. The second-order valence-electron chi connectivity index (χ2n) is 8.11. The van der Waals surface area contributed by atoms with Gasteiger partial charge in [0, 0.05) is 34.3 Å². The summed E-state index contributed by atoms with van der Waals surface area (Å²) in [6.45, 7) is 3.67.